The first-order valence-electron chi connectivity index (χ1n) is 11.7. The van der Waals surface area contributed by atoms with E-state index >= 15 is 0 Å². The van der Waals surface area contributed by atoms with Crippen molar-refractivity contribution in [2.45, 2.75) is 31.7 Å². The van der Waals surface area contributed by atoms with Gasteiger partial charge >= 0.3 is 6.09 Å². The number of rotatable bonds is 8. The Hall–Kier alpha value is -4.39. The highest BCUT2D eigenvalue weighted by molar-refractivity contribution is 5.98. The molecule has 4 rings (SSSR count). The highest BCUT2D eigenvalue weighted by Gasteiger charge is 2.46. The fraction of sp³-hybridized carbons (Fsp3) is 0.308. The third kappa shape index (κ3) is 5.30. The Labute approximate surface area is 207 Å². The number of primary amides is 1. The molecule has 186 valence electrons. The van der Waals surface area contributed by atoms with Gasteiger partial charge in [0.1, 0.15) is 11.4 Å². The summed E-state index contributed by atoms with van der Waals surface area (Å²) in [5, 5.41) is 27.5. The molecule has 0 saturated carbocycles. The molecule has 0 spiro atoms. The van der Waals surface area contributed by atoms with Crippen LogP contribution in [0.15, 0.2) is 60.8 Å². The molecule has 2 atom stereocenters. The molecule has 2 amide bonds. The van der Waals surface area contributed by atoms with Crippen LogP contribution in [-0.4, -0.2) is 44.9 Å². The van der Waals surface area contributed by atoms with Crippen molar-refractivity contribution in [3.05, 3.63) is 77.7 Å². The molecule has 3 aromatic rings. The molecule has 1 saturated heterocycles. The first-order valence-corrected chi connectivity index (χ1v) is 11.7. The van der Waals surface area contributed by atoms with Gasteiger partial charge in [-0.1, -0.05) is 30.3 Å². The van der Waals surface area contributed by atoms with Crippen molar-refractivity contribution in [1.29, 1.82) is 5.26 Å². The lowest BCUT2D eigenvalue weighted by molar-refractivity contribution is 0.0579. The van der Waals surface area contributed by atoms with E-state index in [2.05, 4.69) is 16.5 Å². The number of halogens is 1. The van der Waals surface area contributed by atoms with Crippen LogP contribution in [0.2, 0.25) is 0 Å². The van der Waals surface area contributed by atoms with E-state index in [1.54, 1.807) is 4.68 Å². The number of carbonyl (C=O) groups is 2. The molecule has 0 aliphatic carbocycles. The van der Waals surface area contributed by atoms with E-state index in [1.165, 1.54) is 35.4 Å². The monoisotopic (exact) mass is 490 g/mol. The van der Waals surface area contributed by atoms with Crippen molar-refractivity contribution < 1.29 is 19.1 Å². The molecular formula is C26H27FN6O3. The molecule has 36 heavy (non-hydrogen) atoms. The second-order valence-electron chi connectivity index (χ2n) is 8.98. The zero-order valence-corrected chi connectivity index (χ0v) is 19.6. The van der Waals surface area contributed by atoms with E-state index in [-0.39, 0.29) is 24.5 Å². The lowest BCUT2D eigenvalue weighted by atomic mass is 9.73. The average molecular weight is 491 g/mol. The summed E-state index contributed by atoms with van der Waals surface area (Å²) in [6.45, 7) is 0.263. The lowest BCUT2D eigenvalue weighted by Crippen LogP contribution is -2.50. The second kappa shape index (κ2) is 10.5. The topological polar surface area (TPSA) is 137 Å². The van der Waals surface area contributed by atoms with Crippen LogP contribution in [-0.2, 0) is 6.42 Å². The molecule has 0 bridgehead atoms. The number of benzene rings is 2. The molecule has 1 aliphatic heterocycles. The molecule has 1 aliphatic rings. The Morgan fingerprint density at radius 1 is 1.22 bits per heavy atom. The maximum atomic E-state index is 13.3. The normalized spacial score (nSPS) is 19.4. The van der Waals surface area contributed by atoms with Gasteiger partial charge < -0.3 is 21.1 Å². The molecule has 1 fully saturated rings. The van der Waals surface area contributed by atoms with Crippen molar-refractivity contribution in [1.82, 2.24) is 14.7 Å². The molecule has 2 aromatic carbocycles. The summed E-state index contributed by atoms with van der Waals surface area (Å²) in [5.41, 5.74) is 6.31. The predicted octanol–water partition coefficient (Wildman–Crippen LogP) is 4.32. The second-order valence-corrected chi connectivity index (χ2v) is 8.98. The van der Waals surface area contributed by atoms with Gasteiger partial charge in [-0.2, -0.15) is 10.4 Å². The van der Waals surface area contributed by atoms with E-state index in [1.807, 2.05) is 30.3 Å². The summed E-state index contributed by atoms with van der Waals surface area (Å²) >= 11 is 0. The van der Waals surface area contributed by atoms with Crippen molar-refractivity contribution >= 4 is 23.5 Å². The van der Waals surface area contributed by atoms with Crippen LogP contribution >= 0.6 is 0 Å². The molecular weight excluding hydrogens is 463 g/mol. The van der Waals surface area contributed by atoms with Crippen LogP contribution in [0.25, 0.3) is 0 Å². The first kappa shape index (κ1) is 24.7. The molecule has 9 nitrogen and oxygen atoms in total. The number of nitrogens with one attached hydrogen (secondary N) is 1. The number of piperidine rings is 1. The number of amides is 2. The van der Waals surface area contributed by atoms with E-state index in [4.69, 9.17) is 5.73 Å². The van der Waals surface area contributed by atoms with Crippen LogP contribution in [0.1, 0.15) is 41.2 Å². The quantitative estimate of drug-likeness (QED) is 0.430. The van der Waals surface area contributed by atoms with Crippen molar-refractivity contribution in [3.8, 4) is 6.07 Å². The molecule has 1 aromatic heterocycles. The summed E-state index contributed by atoms with van der Waals surface area (Å²) in [4.78, 5) is 25.2. The van der Waals surface area contributed by atoms with Crippen LogP contribution in [0.4, 0.5) is 20.7 Å². The van der Waals surface area contributed by atoms with Crippen molar-refractivity contribution in [3.63, 3.8) is 0 Å². The van der Waals surface area contributed by atoms with Gasteiger partial charge in [-0.3, -0.25) is 9.48 Å². The lowest BCUT2D eigenvalue weighted by Gasteiger charge is -2.43. The zero-order chi connectivity index (χ0) is 25.7. The van der Waals surface area contributed by atoms with Crippen molar-refractivity contribution in [2.75, 3.05) is 18.4 Å². The fourth-order valence-electron chi connectivity index (χ4n) is 4.79. The van der Waals surface area contributed by atoms with Gasteiger partial charge in [0.2, 0.25) is 0 Å². The number of hydrogen-bond donors (Lipinski definition) is 3. The van der Waals surface area contributed by atoms with Gasteiger partial charge in [0.15, 0.2) is 5.82 Å². The maximum Gasteiger partial charge on any atom is 0.407 e. The van der Waals surface area contributed by atoms with Gasteiger partial charge in [-0.05, 0) is 55.5 Å². The Kier molecular flexibility index (Phi) is 7.20. The third-order valence-electron chi connectivity index (χ3n) is 6.63. The van der Waals surface area contributed by atoms with E-state index in [0.717, 1.165) is 12.0 Å². The number of anilines is 2. The number of nitriles is 1. The van der Waals surface area contributed by atoms with Crippen LogP contribution in [0.5, 0.6) is 0 Å². The van der Waals surface area contributed by atoms with Crippen molar-refractivity contribution in [2.24, 2.45) is 11.1 Å². The third-order valence-corrected chi connectivity index (χ3v) is 6.63. The van der Waals surface area contributed by atoms with Gasteiger partial charge in [0.25, 0.3) is 5.91 Å². The molecule has 2 unspecified atom stereocenters. The average Bonchev–Trinajstić information content (AvgIpc) is 3.29. The first-order chi connectivity index (χ1) is 17.3. The summed E-state index contributed by atoms with van der Waals surface area (Å²) in [6.07, 6.45) is 2.63. The van der Waals surface area contributed by atoms with Gasteiger partial charge in [-0.25, -0.2) is 9.18 Å². The highest BCUT2D eigenvalue weighted by atomic mass is 19.1. The molecule has 4 N–H and O–H groups in total. The standard InChI is InChI=1S/C26H27FN6O3/c27-19-8-10-20(11-9-19)30-24-21(23(29)34)15-33(31-24)22-12-14-32(25(35)36)17-26(22,16-28)13-4-7-18-5-2-1-3-6-18/h1-3,5-6,8-11,15,22H,4,7,12-14,17H2,(H2,29,34)(H,30,31)(H,35,36). The highest BCUT2D eigenvalue weighted by Crippen LogP contribution is 2.43. The molecule has 2 heterocycles. The number of hydrogen-bond acceptors (Lipinski definition) is 5. The Balaban J connectivity index is 1.64. The van der Waals surface area contributed by atoms with Crippen LogP contribution in [0.3, 0.4) is 0 Å². The fourth-order valence-corrected chi connectivity index (χ4v) is 4.79. The van der Waals surface area contributed by atoms with Gasteiger partial charge in [0.05, 0.1) is 17.5 Å². The predicted molar refractivity (Wildman–Crippen MR) is 131 cm³/mol. The minimum atomic E-state index is -1.08. The summed E-state index contributed by atoms with van der Waals surface area (Å²) < 4.78 is 14.9. The van der Waals surface area contributed by atoms with Crippen LogP contribution < -0.4 is 11.1 Å². The van der Waals surface area contributed by atoms with Gasteiger partial charge in [-0.15, -0.1) is 0 Å². The summed E-state index contributed by atoms with van der Waals surface area (Å²) in [6, 6.07) is 17.4. The Bertz CT molecular complexity index is 1270. The number of likely N-dealkylation sites (tertiary alicyclic amines) is 1. The molecule has 0 radical (unpaired) electrons. The Morgan fingerprint density at radius 3 is 2.58 bits per heavy atom. The number of carbonyl (C=O) groups excluding carboxylic acids is 1. The van der Waals surface area contributed by atoms with E-state index in [9.17, 15) is 24.3 Å². The number of carboxylic acid groups (broad SMARTS) is 1. The van der Waals surface area contributed by atoms with Gasteiger partial charge in [0, 0.05) is 25.0 Å². The largest absolute Gasteiger partial charge is 0.465 e. The summed E-state index contributed by atoms with van der Waals surface area (Å²) in [5.74, 6) is -0.924. The molecule has 10 heteroatoms. The van der Waals surface area contributed by atoms with E-state index in [0.29, 0.717) is 24.9 Å². The zero-order valence-electron chi connectivity index (χ0n) is 19.6. The number of aromatic nitrogens is 2. The number of nitrogens with zero attached hydrogens (tertiary/aromatic N) is 4. The number of aryl methyl sites for hydroxylation is 1. The Morgan fingerprint density at radius 2 is 1.94 bits per heavy atom. The van der Waals surface area contributed by atoms with E-state index < -0.39 is 29.3 Å². The number of nitrogens with two attached hydrogens (primary N) is 1. The SMILES string of the molecule is N#CC1(CCCc2ccccc2)CN(C(=O)O)CCC1n1cc(C(N)=O)c(Nc2ccc(F)cc2)n1. The maximum absolute atomic E-state index is 13.3. The smallest absolute Gasteiger partial charge is 0.407 e. The summed E-state index contributed by atoms with van der Waals surface area (Å²) in [7, 11) is 0. The van der Waals surface area contributed by atoms with Crippen LogP contribution in [0, 0.1) is 22.6 Å². The minimum absolute atomic E-state index is 0.0325. The minimum Gasteiger partial charge on any atom is -0.465 e.